The van der Waals surface area contributed by atoms with E-state index in [1.165, 1.54) is 11.6 Å². The molecule has 1 aliphatic heterocycles. The van der Waals surface area contributed by atoms with Crippen molar-refractivity contribution >= 4 is 16.6 Å². The zero-order valence-corrected chi connectivity index (χ0v) is 10.8. The number of pyridine rings is 1. The molecule has 0 amide bonds. The topological polar surface area (TPSA) is 68.1 Å². The molecule has 5 nitrogen and oxygen atoms in total. The number of non-ortho nitro benzene ring substituents is 1. The van der Waals surface area contributed by atoms with Gasteiger partial charge in [0.1, 0.15) is 0 Å². The number of aryl methyl sites for hydroxylation is 1. The second-order valence-corrected chi connectivity index (χ2v) is 4.87. The number of aromatic nitrogens is 1. The molecule has 0 saturated carbocycles. The maximum atomic E-state index is 10.9. The van der Waals surface area contributed by atoms with E-state index in [1.807, 2.05) is 6.92 Å². The fraction of sp³-hybridized carbons (Fsp3) is 0.357. The lowest BCUT2D eigenvalue weighted by molar-refractivity contribution is -0.384. The average molecular weight is 257 g/mol. The van der Waals surface area contributed by atoms with Crippen LogP contribution in [0, 0.1) is 17.0 Å². The van der Waals surface area contributed by atoms with Gasteiger partial charge in [0, 0.05) is 36.2 Å². The summed E-state index contributed by atoms with van der Waals surface area (Å²) in [7, 11) is 0. The van der Waals surface area contributed by atoms with E-state index in [-0.39, 0.29) is 10.6 Å². The molecule has 0 fully saturated rings. The number of nitro benzene ring substituents is 1. The second kappa shape index (κ2) is 4.59. The Balaban J connectivity index is 2.25. The van der Waals surface area contributed by atoms with Crippen molar-refractivity contribution in [2.24, 2.45) is 0 Å². The summed E-state index contributed by atoms with van der Waals surface area (Å²) in [6.45, 7) is 3.92. The lowest BCUT2D eigenvalue weighted by Crippen LogP contribution is -2.16. The van der Waals surface area contributed by atoms with Crippen LogP contribution in [0.15, 0.2) is 18.2 Å². The van der Waals surface area contributed by atoms with E-state index < -0.39 is 0 Å². The van der Waals surface area contributed by atoms with Gasteiger partial charge in [-0.15, -0.1) is 0 Å². The molecule has 3 rings (SSSR count). The van der Waals surface area contributed by atoms with Crippen molar-refractivity contribution < 1.29 is 4.92 Å². The van der Waals surface area contributed by atoms with E-state index in [9.17, 15) is 10.1 Å². The van der Waals surface area contributed by atoms with Crippen molar-refractivity contribution in [2.75, 3.05) is 13.1 Å². The van der Waals surface area contributed by atoms with E-state index >= 15 is 0 Å². The normalized spacial score (nSPS) is 15.0. The molecule has 1 aromatic carbocycles. The van der Waals surface area contributed by atoms with Gasteiger partial charge in [-0.2, -0.15) is 0 Å². The van der Waals surface area contributed by atoms with Crippen LogP contribution in [0.3, 0.4) is 0 Å². The van der Waals surface area contributed by atoms with E-state index in [0.717, 1.165) is 48.1 Å². The zero-order chi connectivity index (χ0) is 13.4. The highest BCUT2D eigenvalue weighted by molar-refractivity contribution is 5.85. The highest BCUT2D eigenvalue weighted by Gasteiger charge is 2.16. The molecular weight excluding hydrogens is 242 g/mol. The first-order valence-corrected chi connectivity index (χ1v) is 6.44. The van der Waals surface area contributed by atoms with Crippen LogP contribution in [0.5, 0.6) is 0 Å². The Hall–Kier alpha value is -2.01. The molecule has 5 heteroatoms. The van der Waals surface area contributed by atoms with Crippen LogP contribution >= 0.6 is 0 Å². The molecular formula is C14H15N3O2. The third kappa shape index (κ3) is 2.06. The summed E-state index contributed by atoms with van der Waals surface area (Å²) in [5, 5.41) is 15.1. The molecule has 0 unspecified atom stereocenters. The molecule has 1 aliphatic rings. The maximum absolute atomic E-state index is 10.9. The maximum Gasteiger partial charge on any atom is 0.270 e. The van der Waals surface area contributed by atoms with E-state index in [1.54, 1.807) is 12.1 Å². The molecule has 0 saturated heterocycles. The van der Waals surface area contributed by atoms with Crippen molar-refractivity contribution in [1.82, 2.24) is 10.3 Å². The minimum Gasteiger partial charge on any atom is -0.316 e. The summed E-state index contributed by atoms with van der Waals surface area (Å²) in [5.74, 6) is 0. The van der Waals surface area contributed by atoms with Gasteiger partial charge in [0.15, 0.2) is 0 Å². The SMILES string of the molecule is Cc1c2c(nc3ccc([N+](=O)[O-])cc13)CCNCC2. The first kappa shape index (κ1) is 12.0. The first-order chi connectivity index (χ1) is 9.16. The van der Waals surface area contributed by atoms with Crippen molar-refractivity contribution in [3.8, 4) is 0 Å². The number of nitrogens with one attached hydrogen (secondary N) is 1. The number of benzene rings is 1. The summed E-state index contributed by atoms with van der Waals surface area (Å²) in [6.07, 6.45) is 1.86. The Morgan fingerprint density at radius 1 is 1.32 bits per heavy atom. The van der Waals surface area contributed by atoms with Crippen LogP contribution in [0.1, 0.15) is 16.8 Å². The van der Waals surface area contributed by atoms with Crippen molar-refractivity contribution in [1.29, 1.82) is 0 Å². The van der Waals surface area contributed by atoms with Gasteiger partial charge in [0.25, 0.3) is 5.69 Å². The van der Waals surface area contributed by atoms with Gasteiger partial charge in [-0.25, -0.2) is 0 Å². The molecule has 1 N–H and O–H groups in total. The van der Waals surface area contributed by atoms with E-state index in [0.29, 0.717) is 0 Å². The minimum atomic E-state index is -0.355. The smallest absolute Gasteiger partial charge is 0.270 e. The molecule has 2 heterocycles. The fourth-order valence-electron chi connectivity index (χ4n) is 2.71. The highest BCUT2D eigenvalue weighted by Crippen LogP contribution is 2.27. The Bertz CT molecular complexity index is 667. The molecule has 1 aromatic heterocycles. The molecule has 0 radical (unpaired) electrons. The predicted molar refractivity (Wildman–Crippen MR) is 73.4 cm³/mol. The highest BCUT2D eigenvalue weighted by atomic mass is 16.6. The third-order valence-electron chi connectivity index (χ3n) is 3.74. The Labute approximate surface area is 110 Å². The zero-order valence-electron chi connectivity index (χ0n) is 10.8. The van der Waals surface area contributed by atoms with Crippen molar-refractivity contribution in [3.63, 3.8) is 0 Å². The van der Waals surface area contributed by atoms with Crippen molar-refractivity contribution in [2.45, 2.75) is 19.8 Å². The quantitative estimate of drug-likeness (QED) is 0.627. The predicted octanol–water partition coefficient (Wildman–Crippen LogP) is 2.14. The van der Waals surface area contributed by atoms with Crippen LogP contribution in [-0.4, -0.2) is 23.0 Å². The molecule has 0 spiro atoms. The summed E-state index contributed by atoms with van der Waals surface area (Å²) in [5.41, 5.74) is 4.49. The minimum absolute atomic E-state index is 0.129. The van der Waals surface area contributed by atoms with E-state index in [4.69, 9.17) is 0 Å². The van der Waals surface area contributed by atoms with Gasteiger partial charge >= 0.3 is 0 Å². The fourth-order valence-corrected chi connectivity index (χ4v) is 2.71. The first-order valence-electron chi connectivity index (χ1n) is 6.44. The second-order valence-electron chi connectivity index (χ2n) is 4.87. The van der Waals surface area contributed by atoms with Crippen LogP contribution in [-0.2, 0) is 12.8 Å². The van der Waals surface area contributed by atoms with Gasteiger partial charge in [-0.1, -0.05) is 0 Å². The number of nitrogens with zero attached hydrogens (tertiary/aromatic N) is 2. The van der Waals surface area contributed by atoms with Gasteiger partial charge in [-0.3, -0.25) is 15.1 Å². The molecule has 0 atom stereocenters. The Kier molecular flexibility index (Phi) is 2.91. The number of fused-ring (bicyclic) bond motifs is 2. The van der Waals surface area contributed by atoms with E-state index in [2.05, 4.69) is 10.3 Å². The summed E-state index contributed by atoms with van der Waals surface area (Å²) >= 11 is 0. The van der Waals surface area contributed by atoms with Crippen LogP contribution in [0.4, 0.5) is 5.69 Å². The van der Waals surface area contributed by atoms with Gasteiger partial charge in [-0.05, 0) is 37.1 Å². The molecule has 19 heavy (non-hydrogen) atoms. The van der Waals surface area contributed by atoms with Crippen LogP contribution in [0.2, 0.25) is 0 Å². The number of nitro groups is 1. The lowest BCUT2D eigenvalue weighted by Gasteiger charge is -2.11. The molecule has 0 aliphatic carbocycles. The Morgan fingerprint density at radius 2 is 2.11 bits per heavy atom. The average Bonchev–Trinajstić information content (AvgIpc) is 2.64. The summed E-state index contributed by atoms with van der Waals surface area (Å²) in [6, 6.07) is 4.91. The largest absolute Gasteiger partial charge is 0.316 e. The number of rotatable bonds is 1. The van der Waals surface area contributed by atoms with Gasteiger partial charge < -0.3 is 5.32 Å². The molecule has 2 aromatic rings. The molecule has 98 valence electrons. The standard InChI is InChI=1S/C14H15N3O2/c1-9-11-4-6-15-7-5-14(11)16-13-3-2-10(17(18)19)8-12(9)13/h2-3,8,15H,4-7H2,1H3. The monoisotopic (exact) mass is 257 g/mol. The van der Waals surface area contributed by atoms with Gasteiger partial charge in [0.05, 0.1) is 10.4 Å². The van der Waals surface area contributed by atoms with Crippen molar-refractivity contribution in [3.05, 3.63) is 45.1 Å². The Morgan fingerprint density at radius 3 is 2.89 bits per heavy atom. The third-order valence-corrected chi connectivity index (χ3v) is 3.74. The van der Waals surface area contributed by atoms with Crippen LogP contribution < -0.4 is 5.32 Å². The van der Waals surface area contributed by atoms with Crippen LogP contribution in [0.25, 0.3) is 10.9 Å². The number of hydrogen-bond donors (Lipinski definition) is 1. The van der Waals surface area contributed by atoms with Gasteiger partial charge in [0.2, 0.25) is 0 Å². The number of hydrogen-bond acceptors (Lipinski definition) is 4. The summed E-state index contributed by atoms with van der Waals surface area (Å²) < 4.78 is 0. The lowest BCUT2D eigenvalue weighted by atomic mass is 9.98. The summed E-state index contributed by atoms with van der Waals surface area (Å²) in [4.78, 5) is 15.2. The molecule has 0 bridgehead atoms.